The van der Waals surface area contributed by atoms with Crippen molar-refractivity contribution in [3.63, 3.8) is 0 Å². The molecule has 4 nitrogen and oxygen atoms in total. The summed E-state index contributed by atoms with van der Waals surface area (Å²) in [6.45, 7) is 2.09. The van der Waals surface area contributed by atoms with Crippen LogP contribution in [0.15, 0.2) is 30.3 Å². The Hall–Kier alpha value is -1.55. The summed E-state index contributed by atoms with van der Waals surface area (Å²) in [5.74, 6) is 0.546. The lowest BCUT2D eigenvalue weighted by Crippen LogP contribution is -2.36. The lowest BCUT2D eigenvalue weighted by atomic mass is 10.2. The van der Waals surface area contributed by atoms with E-state index in [4.69, 9.17) is 9.84 Å². The molecule has 0 aliphatic heterocycles. The summed E-state index contributed by atoms with van der Waals surface area (Å²) >= 11 is 0. The summed E-state index contributed by atoms with van der Waals surface area (Å²) in [5, 5.41) is 11.5. The number of rotatable bonds is 7. The molecule has 94 valence electrons. The van der Waals surface area contributed by atoms with Crippen LogP contribution in [0.4, 0.5) is 0 Å². The van der Waals surface area contributed by atoms with Gasteiger partial charge in [-0.2, -0.15) is 0 Å². The third-order valence-corrected chi connectivity index (χ3v) is 2.32. The molecule has 2 N–H and O–H groups in total. The van der Waals surface area contributed by atoms with E-state index in [-0.39, 0.29) is 25.2 Å². The predicted octanol–water partition coefficient (Wildman–Crippen LogP) is 1.34. The lowest BCUT2D eigenvalue weighted by molar-refractivity contribution is -0.123. The maximum absolute atomic E-state index is 11.5. The average molecular weight is 237 g/mol. The van der Waals surface area contributed by atoms with Crippen molar-refractivity contribution in [2.45, 2.75) is 25.8 Å². The van der Waals surface area contributed by atoms with Gasteiger partial charge in [0.05, 0.1) is 0 Å². The summed E-state index contributed by atoms with van der Waals surface area (Å²) in [6, 6.07) is 9.29. The molecule has 1 atom stereocenters. The maximum Gasteiger partial charge on any atom is 0.258 e. The zero-order valence-electron chi connectivity index (χ0n) is 10.1. The first-order valence-corrected chi connectivity index (χ1v) is 5.80. The molecule has 0 aromatic heterocycles. The molecular formula is C13H19NO3. The summed E-state index contributed by atoms with van der Waals surface area (Å²) in [4.78, 5) is 11.5. The van der Waals surface area contributed by atoms with Gasteiger partial charge in [-0.25, -0.2) is 0 Å². The Labute approximate surface area is 102 Å². The van der Waals surface area contributed by atoms with Crippen molar-refractivity contribution in [3.8, 4) is 5.75 Å². The van der Waals surface area contributed by atoms with E-state index in [2.05, 4.69) is 5.32 Å². The van der Waals surface area contributed by atoms with Crippen LogP contribution in [0, 0.1) is 0 Å². The van der Waals surface area contributed by atoms with Crippen LogP contribution in [-0.4, -0.2) is 30.3 Å². The van der Waals surface area contributed by atoms with Gasteiger partial charge in [-0.3, -0.25) is 4.79 Å². The molecule has 4 heteroatoms. The van der Waals surface area contributed by atoms with Gasteiger partial charge in [0, 0.05) is 12.6 Å². The Kier molecular flexibility index (Phi) is 6.10. The lowest BCUT2D eigenvalue weighted by Gasteiger charge is -2.13. The van der Waals surface area contributed by atoms with Crippen LogP contribution in [0.5, 0.6) is 5.75 Å². The molecule has 1 aromatic carbocycles. The predicted molar refractivity (Wildman–Crippen MR) is 65.9 cm³/mol. The van der Waals surface area contributed by atoms with Crippen LogP contribution < -0.4 is 10.1 Å². The monoisotopic (exact) mass is 237 g/mol. The molecule has 0 spiro atoms. The first-order valence-electron chi connectivity index (χ1n) is 5.80. The largest absolute Gasteiger partial charge is 0.484 e. The average Bonchev–Trinajstić information content (AvgIpc) is 2.35. The Balaban J connectivity index is 2.21. The molecule has 0 radical (unpaired) electrons. The number of nitrogens with one attached hydrogen (secondary N) is 1. The molecule has 1 amide bonds. The van der Waals surface area contributed by atoms with Gasteiger partial charge in [-0.15, -0.1) is 0 Å². The molecule has 1 aromatic rings. The second kappa shape index (κ2) is 7.68. The van der Waals surface area contributed by atoms with Gasteiger partial charge in [-0.1, -0.05) is 18.2 Å². The zero-order valence-corrected chi connectivity index (χ0v) is 10.1. The minimum absolute atomic E-state index is 0.0213. The van der Waals surface area contributed by atoms with Gasteiger partial charge in [0.1, 0.15) is 5.75 Å². The number of para-hydroxylation sites is 1. The molecular weight excluding hydrogens is 218 g/mol. The van der Waals surface area contributed by atoms with Crippen molar-refractivity contribution < 1.29 is 14.6 Å². The number of aliphatic hydroxyl groups excluding tert-OH is 1. The first kappa shape index (κ1) is 13.5. The molecule has 0 fully saturated rings. The third-order valence-electron chi connectivity index (χ3n) is 2.32. The summed E-state index contributed by atoms with van der Waals surface area (Å²) < 4.78 is 5.31. The number of ether oxygens (including phenoxy) is 1. The Morgan fingerprint density at radius 1 is 1.41 bits per heavy atom. The minimum atomic E-state index is -0.140. The highest BCUT2D eigenvalue weighted by Gasteiger charge is 2.07. The van der Waals surface area contributed by atoms with Crippen molar-refractivity contribution in [1.82, 2.24) is 5.32 Å². The van der Waals surface area contributed by atoms with Crippen molar-refractivity contribution in [2.24, 2.45) is 0 Å². The molecule has 0 aliphatic rings. The molecule has 0 heterocycles. The van der Waals surface area contributed by atoms with Crippen LogP contribution in [-0.2, 0) is 4.79 Å². The highest BCUT2D eigenvalue weighted by atomic mass is 16.5. The number of amides is 1. The quantitative estimate of drug-likeness (QED) is 0.752. The van der Waals surface area contributed by atoms with Crippen molar-refractivity contribution in [3.05, 3.63) is 30.3 Å². The Morgan fingerprint density at radius 3 is 2.76 bits per heavy atom. The Bertz CT molecular complexity index is 327. The van der Waals surface area contributed by atoms with Crippen LogP contribution in [0.1, 0.15) is 19.8 Å². The maximum atomic E-state index is 11.5. The van der Waals surface area contributed by atoms with Gasteiger partial charge >= 0.3 is 0 Å². The standard InChI is InChI=1S/C13H19NO3/c1-11(6-5-9-15)14-13(16)10-17-12-7-3-2-4-8-12/h2-4,7-8,11,15H,5-6,9-10H2,1H3,(H,14,16). The van der Waals surface area contributed by atoms with E-state index >= 15 is 0 Å². The SMILES string of the molecule is CC(CCCO)NC(=O)COc1ccccc1. The summed E-state index contributed by atoms with van der Waals surface area (Å²) in [7, 11) is 0. The van der Waals surface area contributed by atoms with Crippen molar-refractivity contribution in [1.29, 1.82) is 0 Å². The van der Waals surface area contributed by atoms with Crippen LogP contribution >= 0.6 is 0 Å². The Morgan fingerprint density at radius 2 is 2.12 bits per heavy atom. The van der Waals surface area contributed by atoms with Crippen LogP contribution in [0.25, 0.3) is 0 Å². The molecule has 0 aliphatic carbocycles. The molecule has 17 heavy (non-hydrogen) atoms. The van der Waals surface area contributed by atoms with Gasteiger partial charge in [-0.05, 0) is 31.9 Å². The van der Waals surface area contributed by atoms with Gasteiger partial charge in [0.15, 0.2) is 6.61 Å². The topological polar surface area (TPSA) is 58.6 Å². The van der Waals surface area contributed by atoms with E-state index in [0.717, 1.165) is 6.42 Å². The minimum Gasteiger partial charge on any atom is -0.484 e. The second-order valence-corrected chi connectivity index (χ2v) is 3.94. The molecule has 1 unspecified atom stereocenters. The van der Waals surface area contributed by atoms with E-state index in [1.807, 2.05) is 37.3 Å². The van der Waals surface area contributed by atoms with E-state index in [1.54, 1.807) is 0 Å². The fourth-order valence-corrected chi connectivity index (χ4v) is 1.45. The number of carbonyl (C=O) groups is 1. The molecule has 1 rings (SSSR count). The highest BCUT2D eigenvalue weighted by molar-refractivity contribution is 5.77. The van der Waals surface area contributed by atoms with E-state index in [9.17, 15) is 4.79 Å². The van der Waals surface area contributed by atoms with Gasteiger partial charge in [0.2, 0.25) is 0 Å². The molecule has 0 bridgehead atoms. The zero-order chi connectivity index (χ0) is 12.5. The van der Waals surface area contributed by atoms with E-state index in [1.165, 1.54) is 0 Å². The number of hydrogen-bond acceptors (Lipinski definition) is 3. The summed E-state index contributed by atoms with van der Waals surface area (Å²) in [6.07, 6.45) is 1.47. The van der Waals surface area contributed by atoms with Crippen molar-refractivity contribution in [2.75, 3.05) is 13.2 Å². The van der Waals surface area contributed by atoms with Crippen molar-refractivity contribution >= 4 is 5.91 Å². The second-order valence-electron chi connectivity index (χ2n) is 3.94. The van der Waals surface area contributed by atoms with Crippen LogP contribution in [0.2, 0.25) is 0 Å². The number of aliphatic hydroxyl groups is 1. The van der Waals surface area contributed by atoms with Gasteiger partial charge in [0.25, 0.3) is 5.91 Å². The number of benzene rings is 1. The van der Waals surface area contributed by atoms with E-state index < -0.39 is 0 Å². The third kappa shape index (κ3) is 5.92. The van der Waals surface area contributed by atoms with Crippen LogP contribution in [0.3, 0.4) is 0 Å². The smallest absolute Gasteiger partial charge is 0.258 e. The highest BCUT2D eigenvalue weighted by Crippen LogP contribution is 2.07. The summed E-state index contributed by atoms with van der Waals surface area (Å²) in [5.41, 5.74) is 0. The van der Waals surface area contributed by atoms with Gasteiger partial charge < -0.3 is 15.2 Å². The normalized spacial score (nSPS) is 11.9. The fraction of sp³-hybridized carbons (Fsp3) is 0.462. The molecule has 0 saturated heterocycles. The number of carbonyl (C=O) groups excluding carboxylic acids is 1. The molecule has 0 saturated carbocycles. The van der Waals surface area contributed by atoms with E-state index in [0.29, 0.717) is 12.2 Å². The first-order chi connectivity index (χ1) is 8.22. The number of hydrogen-bond donors (Lipinski definition) is 2. The fourth-order valence-electron chi connectivity index (χ4n) is 1.45.